The van der Waals surface area contributed by atoms with Crippen LogP contribution in [0.25, 0.3) is 0 Å². The number of carbonyl (C=O) groups excluding carboxylic acids is 4. The van der Waals surface area contributed by atoms with Gasteiger partial charge in [0.15, 0.2) is 0 Å². The van der Waals surface area contributed by atoms with Crippen LogP contribution < -0.4 is 16.0 Å². The molecule has 0 spiro atoms. The molecule has 9 nitrogen and oxygen atoms in total. The fourth-order valence-electron chi connectivity index (χ4n) is 2.05. The molecule has 1 fully saturated rings. The van der Waals surface area contributed by atoms with Gasteiger partial charge in [-0.3, -0.25) is 24.6 Å². The van der Waals surface area contributed by atoms with Gasteiger partial charge in [0.25, 0.3) is 0 Å². The Morgan fingerprint density at radius 3 is 2.77 bits per heavy atom. The summed E-state index contributed by atoms with van der Waals surface area (Å²) in [5.74, 6) is -1.40. The summed E-state index contributed by atoms with van der Waals surface area (Å²) in [6.45, 7) is 3.01. The molecule has 1 aliphatic heterocycles. The normalized spacial score (nSPS) is 18.3. The summed E-state index contributed by atoms with van der Waals surface area (Å²) in [4.78, 5) is 48.0. The minimum atomic E-state index is -0.773. The van der Waals surface area contributed by atoms with Crippen molar-refractivity contribution in [3.05, 3.63) is 0 Å². The maximum Gasteiger partial charge on any atom is 0.321 e. The molecule has 0 aromatic rings. The highest BCUT2D eigenvalue weighted by atomic mass is 16.5. The second-order valence-corrected chi connectivity index (χ2v) is 4.86. The van der Waals surface area contributed by atoms with Crippen LogP contribution in [0.2, 0.25) is 0 Å². The molecule has 0 aliphatic carbocycles. The van der Waals surface area contributed by atoms with Crippen molar-refractivity contribution in [3.63, 3.8) is 0 Å². The number of imide groups is 1. The SMILES string of the molecule is CCCNC(=O)NC(=O)CN1CCNC(=O)[C@H]1CC(=O)OC. The maximum absolute atomic E-state index is 11.8. The Bertz CT molecular complexity index is 440. The van der Waals surface area contributed by atoms with Gasteiger partial charge in [-0.2, -0.15) is 0 Å². The van der Waals surface area contributed by atoms with E-state index < -0.39 is 23.9 Å². The molecule has 3 N–H and O–H groups in total. The molecule has 1 heterocycles. The molecule has 0 saturated carbocycles. The highest BCUT2D eigenvalue weighted by molar-refractivity contribution is 5.96. The predicted octanol–water partition coefficient (Wildman–Crippen LogP) is -1.41. The predicted molar refractivity (Wildman–Crippen MR) is 76.8 cm³/mol. The summed E-state index contributed by atoms with van der Waals surface area (Å²) >= 11 is 0. The number of nitrogens with zero attached hydrogens (tertiary/aromatic N) is 1. The van der Waals surface area contributed by atoms with Gasteiger partial charge in [0.05, 0.1) is 20.1 Å². The second-order valence-electron chi connectivity index (χ2n) is 4.86. The van der Waals surface area contributed by atoms with Crippen LogP contribution in [0.15, 0.2) is 0 Å². The molecule has 1 aliphatic rings. The number of amides is 4. The van der Waals surface area contributed by atoms with E-state index in [9.17, 15) is 19.2 Å². The van der Waals surface area contributed by atoms with Gasteiger partial charge in [-0.25, -0.2) is 4.79 Å². The van der Waals surface area contributed by atoms with E-state index in [0.717, 1.165) is 6.42 Å². The molecule has 1 rings (SSSR count). The highest BCUT2D eigenvalue weighted by Crippen LogP contribution is 2.09. The Balaban J connectivity index is 2.55. The minimum Gasteiger partial charge on any atom is -0.469 e. The van der Waals surface area contributed by atoms with Crippen LogP contribution in [0.3, 0.4) is 0 Å². The lowest BCUT2D eigenvalue weighted by Gasteiger charge is -2.33. The quantitative estimate of drug-likeness (QED) is 0.518. The van der Waals surface area contributed by atoms with E-state index in [-0.39, 0.29) is 18.9 Å². The maximum atomic E-state index is 11.8. The van der Waals surface area contributed by atoms with Crippen LogP contribution in [0.4, 0.5) is 4.79 Å². The molecular weight excluding hydrogens is 292 g/mol. The summed E-state index contributed by atoms with van der Waals surface area (Å²) in [5.41, 5.74) is 0. The van der Waals surface area contributed by atoms with Crippen LogP contribution in [0, 0.1) is 0 Å². The fourth-order valence-corrected chi connectivity index (χ4v) is 2.05. The molecule has 0 radical (unpaired) electrons. The Labute approximate surface area is 128 Å². The molecule has 0 aromatic heterocycles. The first-order chi connectivity index (χ1) is 10.5. The van der Waals surface area contributed by atoms with Crippen LogP contribution in [-0.2, 0) is 19.1 Å². The van der Waals surface area contributed by atoms with Crippen molar-refractivity contribution in [3.8, 4) is 0 Å². The van der Waals surface area contributed by atoms with E-state index in [1.54, 1.807) is 4.90 Å². The standard InChI is InChI=1S/C13H22N4O5/c1-3-4-15-13(21)16-10(18)8-17-6-5-14-12(20)9(17)7-11(19)22-2/h9H,3-8H2,1-2H3,(H,14,20)(H2,15,16,18,21)/t9-/m1/s1. The van der Waals surface area contributed by atoms with E-state index in [1.807, 2.05) is 6.92 Å². The van der Waals surface area contributed by atoms with Crippen molar-refractivity contribution in [2.45, 2.75) is 25.8 Å². The van der Waals surface area contributed by atoms with E-state index in [2.05, 4.69) is 20.7 Å². The molecule has 1 saturated heterocycles. The van der Waals surface area contributed by atoms with Gasteiger partial charge in [-0.15, -0.1) is 0 Å². The summed E-state index contributed by atoms with van der Waals surface area (Å²) < 4.78 is 4.55. The molecule has 0 unspecified atom stereocenters. The van der Waals surface area contributed by atoms with Crippen molar-refractivity contribution in [1.82, 2.24) is 20.9 Å². The Kier molecular flexibility index (Phi) is 7.30. The third-order valence-corrected chi connectivity index (χ3v) is 3.16. The van der Waals surface area contributed by atoms with Gasteiger partial charge in [0.1, 0.15) is 6.04 Å². The third kappa shape index (κ3) is 5.68. The van der Waals surface area contributed by atoms with E-state index in [4.69, 9.17) is 0 Å². The number of hydrogen-bond acceptors (Lipinski definition) is 6. The topological polar surface area (TPSA) is 117 Å². The zero-order chi connectivity index (χ0) is 16.5. The molecule has 0 aromatic carbocycles. The molecule has 9 heteroatoms. The average Bonchev–Trinajstić information content (AvgIpc) is 2.48. The summed E-state index contributed by atoms with van der Waals surface area (Å²) in [6, 6.07) is -1.34. The first kappa shape index (κ1) is 17.9. The van der Waals surface area contributed by atoms with E-state index in [1.165, 1.54) is 7.11 Å². The lowest BCUT2D eigenvalue weighted by molar-refractivity contribution is -0.146. The number of piperazine rings is 1. The van der Waals surface area contributed by atoms with Gasteiger partial charge in [0.2, 0.25) is 11.8 Å². The van der Waals surface area contributed by atoms with Crippen LogP contribution in [-0.4, -0.2) is 68.0 Å². The third-order valence-electron chi connectivity index (χ3n) is 3.16. The summed E-state index contributed by atoms with van der Waals surface area (Å²) in [6.07, 6.45) is 0.618. The number of methoxy groups -OCH3 is 1. The van der Waals surface area contributed by atoms with Crippen molar-refractivity contribution in [2.75, 3.05) is 33.3 Å². The smallest absolute Gasteiger partial charge is 0.321 e. The molecule has 1 atom stereocenters. The van der Waals surface area contributed by atoms with Crippen molar-refractivity contribution < 1.29 is 23.9 Å². The zero-order valence-electron chi connectivity index (χ0n) is 12.8. The van der Waals surface area contributed by atoms with Crippen LogP contribution >= 0.6 is 0 Å². The van der Waals surface area contributed by atoms with Crippen molar-refractivity contribution in [1.29, 1.82) is 0 Å². The summed E-state index contributed by atoms with van der Waals surface area (Å²) in [7, 11) is 1.23. The average molecular weight is 314 g/mol. The number of ether oxygens (including phenoxy) is 1. The zero-order valence-corrected chi connectivity index (χ0v) is 12.8. The van der Waals surface area contributed by atoms with Gasteiger partial charge < -0.3 is 15.4 Å². The number of carbonyl (C=O) groups is 4. The Hall–Kier alpha value is -2.16. The van der Waals surface area contributed by atoms with Crippen molar-refractivity contribution in [2.24, 2.45) is 0 Å². The second kappa shape index (κ2) is 8.98. The van der Waals surface area contributed by atoms with Gasteiger partial charge >= 0.3 is 12.0 Å². The first-order valence-corrected chi connectivity index (χ1v) is 7.14. The highest BCUT2D eigenvalue weighted by Gasteiger charge is 2.33. The summed E-state index contributed by atoms with van der Waals surface area (Å²) in [5, 5.41) is 7.34. The lowest BCUT2D eigenvalue weighted by atomic mass is 10.1. The number of urea groups is 1. The number of rotatable bonds is 6. The van der Waals surface area contributed by atoms with E-state index >= 15 is 0 Å². The molecule has 124 valence electrons. The monoisotopic (exact) mass is 314 g/mol. The minimum absolute atomic E-state index is 0.141. The van der Waals surface area contributed by atoms with Gasteiger partial charge in [-0.1, -0.05) is 6.92 Å². The number of esters is 1. The Morgan fingerprint density at radius 2 is 2.14 bits per heavy atom. The largest absolute Gasteiger partial charge is 0.469 e. The van der Waals surface area contributed by atoms with Gasteiger partial charge in [0, 0.05) is 19.6 Å². The first-order valence-electron chi connectivity index (χ1n) is 7.14. The molecule has 0 bridgehead atoms. The fraction of sp³-hybridized carbons (Fsp3) is 0.692. The van der Waals surface area contributed by atoms with Gasteiger partial charge in [-0.05, 0) is 6.42 Å². The molecule has 22 heavy (non-hydrogen) atoms. The van der Waals surface area contributed by atoms with Crippen molar-refractivity contribution >= 4 is 23.8 Å². The van der Waals surface area contributed by atoms with Crippen LogP contribution in [0.5, 0.6) is 0 Å². The molecule has 4 amide bonds. The Morgan fingerprint density at radius 1 is 1.41 bits per heavy atom. The number of nitrogens with one attached hydrogen (secondary N) is 3. The lowest BCUT2D eigenvalue weighted by Crippen LogP contribution is -2.58. The molecular formula is C13H22N4O5. The van der Waals surface area contributed by atoms with Crippen LogP contribution in [0.1, 0.15) is 19.8 Å². The number of hydrogen-bond donors (Lipinski definition) is 3. The van der Waals surface area contributed by atoms with E-state index in [0.29, 0.717) is 19.6 Å².